The van der Waals surface area contributed by atoms with Crippen molar-refractivity contribution in [3.8, 4) is 0 Å². The Kier molecular flexibility index (Phi) is 2.76. The number of nitrogens with one attached hydrogen (secondary N) is 2. The molecule has 2 bridgehead atoms. The Morgan fingerprint density at radius 3 is 3.06 bits per heavy atom. The molecular formula is C12H14ClN3O. The molecule has 2 fully saturated rings. The van der Waals surface area contributed by atoms with Gasteiger partial charge >= 0.3 is 0 Å². The smallest absolute Gasteiger partial charge is 0.229 e. The van der Waals surface area contributed by atoms with E-state index in [-0.39, 0.29) is 11.8 Å². The molecule has 0 aromatic carbocycles. The minimum atomic E-state index is 0.0552. The molecule has 0 spiro atoms. The molecule has 2 saturated heterocycles. The Morgan fingerprint density at radius 1 is 1.53 bits per heavy atom. The van der Waals surface area contributed by atoms with E-state index in [1.54, 1.807) is 18.3 Å². The van der Waals surface area contributed by atoms with Crippen molar-refractivity contribution in [3.63, 3.8) is 0 Å². The monoisotopic (exact) mass is 251 g/mol. The maximum absolute atomic E-state index is 12.1. The van der Waals surface area contributed by atoms with Crippen LogP contribution in [0.2, 0.25) is 5.15 Å². The third kappa shape index (κ3) is 2.03. The lowest BCUT2D eigenvalue weighted by atomic mass is 9.88. The van der Waals surface area contributed by atoms with Crippen LogP contribution in [0.25, 0.3) is 0 Å². The molecule has 17 heavy (non-hydrogen) atoms. The number of aromatic nitrogens is 1. The minimum absolute atomic E-state index is 0.0552. The van der Waals surface area contributed by atoms with E-state index in [0.717, 1.165) is 12.8 Å². The predicted molar refractivity (Wildman–Crippen MR) is 65.9 cm³/mol. The summed E-state index contributed by atoms with van der Waals surface area (Å²) in [6, 6.07) is 4.41. The van der Waals surface area contributed by atoms with Gasteiger partial charge in [0.1, 0.15) is 0 Å². The summed E-state index contributed by atoms with van der Waals surface area (Å²) in [4.78, 5) is 16.1. The van der Waals surface area contributed by atoms with E-state index in [9.17, 15) is 4.79 Å². The third-order valence-corrected chi connectivity index (χ3v) is 3.95. The third-order valence-electron chi connectivity index (χ3n) is 3.65. The Hall–Kier alpha value is -1.13. The highest BCUT2D eigenvalue weighted by atomic mass is 35.5. The van der Waals surface area contributed by atoms with E-state index in [0.29, 0.717) is 22.9 Å². The molecule has 3 atom stereocenters. The Balaban J connectivity index is 1.70. The molecule has 2 aliphatic heterocycles. The lowest BCUT2D eigenvalue weighted by Crippen LogP contribution is -2.32. The number of anilines is 1. The quantitative estimate of drug-likeness (QED) is 0.789. The molecule has 3 heterocycles. The van der Waals surface area contributed by atoms with E-state index < -0.39 is 0 Å². The first kappa shape index (κ1) is 11.0. The van der Waals surface area contributed by atoms with Gasteiger partial charge in [-0.2, -0.15) is 0 Å². The van der Waals surface area contributed by atoms with E-state index in [1.807, 2.05) is 0 Å². The average molecular weight is 252 g/mol. The van der Waals surface area contributed by atoms with E-state index in [2.05, 4.69) is 15.6 Å². The molecule has 0 saturated carbocycles. The number of halogens is 1. The highest BCUT2D eigenvalue weighted by Crippen LogP contribution is 2.34. The highest BCUT2D eigenvalue weighted by molar-refractivity contribution is 6.32. The number of nitrogens with zero attached hydrogens (tertiary/aromatic N) is 1. The van der Waals surface area contributed by atoms with Gasteiger partial charge in [-0.15, -0.1) is 0 Å². The maximum atomic E-state index is 12.1. The van der Waals surface area contributed by atoms with Gasteiger partial charge in [0.2, 0.25) is 5.91 Å². The van der Waals surface area contributed by atoms with Crippen LogP contribution >= 0.6 is 11.6 Å². The van der Waals surface area contributed by atoms with Crippen LogP contribution in [0.3, 0.4) is 0 Å². The number of rotatable bonds is 2. The molecule has 3 unspecified atom stereocenters. The van der Waals surface area contributed by atoms with Crippen molar-refractivity contribution in [2.24, 2.45) is 5.92 Å². The maximum Gasteiger partial charge on any atom is 0.229 e. The summed E-state index contributed by atoms with van der Waals surface area (Å²) in [5, 5.41) is 6.66. The number of fused-ring (bicyclic) bond motifs is 2. The van der Waals surface area contributed by atoms with Crippen LogP contribution in [-0.4, -0.2) is 23.0 Å². The number of carbonyl (C=O) groups excluding carboxylic acids is 1. The zero-order chi connectivity index (χ0) is 11.8. The molecule has 0 radical (unpaired) electrons. The van der Waals surface area contributed by atoms with Crippen molar-refractivity contribution in [1.82, 2.24) is 10.3 Å². The van der Waals surface area contributed by atoms with Crippen molar-refractivity contribution in [1.29, 1.82) is 0 Å². The number of pyridine rings is 1. The molecule has 1 aromatic heterocycles. The highest BCUT2D eigenvalue weighted by Gasteiger charge is 2.42. The van der Waals surface area contributed by atoms with Gasteiger partial charge in [-0.1, -0.05) is 11.6 Å². The van der Waals surface area contributed by atoms with Crippen LogP contribution in [0, 0.1) is 5.92 Å². The first-order valence-corrected chi connectivity index (χ1v) is 6.29. The molecule has 2 aliphatic rings. The van der Waals surface area contributed by atoms with Crippen molar-refractivity contribution in [3.05, 3.63) is 23.5 Å². The first-order chi connectivity index (χ1) is 8.24. The normalized spacial score (nSPS) is 30.5. The Morgan fingerprint density at radius 2 is 2.41 bits per heavy atom. The number of carbonyl (C=O) groups is 1. The Labute approximate surface area is 105 Å². The standard InChI is InChI=1S/C12H14ClN3O/c13-11-10(2-1-5-14-11)16-12(17)8-6-7-3-4-9(8)15-7/h1-2,5,7-9,15H,3-4,6H2,(H,16,17). The molecule has 1 aromatic rings. The summed E-state index contributed by atoms with van der Waals surface area (Å²) in [6.07, 6.45) is 4.84. The summed E-state index contributed by atoms with van der Waals surface area (Å²) >= 11 is 5.91. The van der Waals surface area contributed by atoms with Crippen molar-refractivity contribution < 1.29 is 4.79 Å². The van der Waals surface area contributed by atoms with Crippen LogP contribution < -0.4 is 10.6 Å². The van der Waals surface area contributed by atoms with Crippen LogP contribution in [-0.2, 0) is 4.79 Å². The summed E-state index contributed by atoms with van der Waals surface area (Å²) < 4.78 is 0. The van der Waals surface area contributed by atoms with E-state index in [4.69, 9.17) is 11.6 Å². The Bertz CT molecular complexity index is 451. The summed E-state index contributed by atoms with van der Waals surface area (Å²) in [5.74, 6) is 0.129. The average Bonchev–Trinajstić information content (AvgIpc) is 2.94. The van der Waals surface area contributed by atoms with Crippen LogP contribution in [0.4, 0.5) is 5.69 Å². The largest absolute Gasteiger partial charge is 0.323 e. The fraction of sp³-hybridized carbons (Fsp3) is 0.500. The van der Waals surface area contributed by atoms with Gasteiger partial charge in [0.05, 0.1) is 11.6 Å². The van der Waals surface area contributed by atoms with E-state index in [1.165, 1.54) is 6.42 Å². The van der Waals surface area contributed by atoms with Crippen LogP contribution in [0.1, 0.15) is 19.3 Å². The van der Waals surface area contributed by atoms with Gasteiger partial charge in [-0.25, -0.2) is 4.98 Å². The minimum Gasteiger partial charge on any atom is -0.323 e. The molecule has 3 rings (SSSR count). The topological polar surface area (TPSA) is 54.0 Å². The van der Waals surface area contributed by atoms with E-state index >= 15 is 0 Å². The summed E-state index contributed by atoms with van der Waals surface area (Å²) in [6.45, 7) is 0. The number of hydrogen-bond acceptors (Lipinski definition) is 3. The van der Waals surface area contributed by atoms with Crippen LogP contribution in [0.5, 0.6) is 0 Å². The molecule has 1 amide bonds. The molecule has 2 N–H and O–H groups in total. The van der Waals surface area contributed by atoms with Gasteiger partial charge in [-0.3, -0.25) is 4.79 Å². The fourth-order valence-electron chi connectivity index (χ4n) is 2.82. The van der Waals surface area contributed by atoms with Crippen molar-refractivity contribution >= 4 is 23.2 Å². The van der Waals surface area contributed by atoms with Crippen LogP contribution in [0.15, 0.2) is 18.3 Å². The molecule has 5 heteroatoms. The lowest BCUT2D eigenvalue weighted by molar-refractivity contribution is -0.120. The SMILES string of the molecule is O=C(Nc1cccnc1Cl)C1CC2CCC1N2. The van der Waals surface area contributed by atoms with Crippen molar-refractivity contribution in [2.75, 3.05) is 5.32 Å². The zero-order valence-electron chi connectivity index (χ0n) is 9.32. The fourth-order valence-corrected chi connectivity index (χ4v) is 2.99. The summed E-state index contributed by atoms with van der Waals surface area (Å²) in [5.41, 5.74) is 0.599. The lowest BCUT2D eigenvalue weighted by Gasteiger charge is -2.19. The second kappa shape index (κ2) is 4.27. The number of hydrogen-bond donors (Lipinski definition) is 2. The molecule has 0 aliphatic carbocycles. The van der Waals surface area contributed by atoms with Gasteiger partial charge in [0.15, 0.2) is 5.15 Å². The zero-order valence-corrected chi connectivity index (χ0v) is 10.1. The van der Waals surface area contributed by atoms with Crippen molar-refractivity contribution in [2.45, 2.75) is 31.3 Å². The van der Waals surface area contributed by atoms with Gasteiger partial charge < -0.3 is 10.6 Å². The first-order valence-electron chi connectivity index (χ1n) is 5.91. The number of amides is 1. The molecule has 90 valence electrons. The summed E-state index contributed by atoms with van der Waals surface area (Å²) in [7, 11) is 0. The predicted octanol–water partition coefficient (Wildman–Crippen LogP) is 1.81. The van der Waals surface area contributed by atoms with Gasteiger partial charge in [0.25, 0.3) is 0 Å². The second-order valence-electron chi connectivity index (χ2n) is 4.72. The molecule has 4 nitrogen and oxygen atoms in total. The molecular weight excluding hydrogens is 238 g/mol. The van der Waals surface area contributed by atoms with Gasteiger partial charge in [0, 0.05) is 18.3 Å². The second-order valence-corrected chi connectivity index (χ2v) is 5.08. The van der Waals surface area contributed by atoms with Gasteiger partial charge in [-0.05, 0) is 31.4 Å².